The highest BCUT2D eigenvalue weighted by atomic mass is 19.2. The Hall–Kier alpha value is -1.22. The molecule has 1 fully saturated rings. The smallest absolute Gasteiger partial charge is 0.164 e. The normalized spacial score (nSPS) is 21.3. The predicted octanol–water partition coefficient (Wildman–Crippen LogP) is 6.13. The third kappa shape index (κ3) is 4.87. The van der Waals surface area contributed by atoms with Crippen LogP contribution >= 0.6 is 0 Å². The van der Waals surface area contributed by atoms with Crippen LogP contribution in [-0.2, 0) is 11.2 Å². The standard InChI is InChI=1S/C20H28F2O/c1-3-5-7-9-16-11-12-17(20(22)19(16)21)18-13-10-15(14-23-18)8-6-4-2/h4,11-12,15,18H,2-3,5-10,13-14H2,1H3/t15?,18-/m0/s1. The van der Waals surface area contributed by atoms with Gasteiger partial charge in [-0.25, -0.2) is 8.78 Å². The lowest BCUT2D eigenvalue weighted by Crippen LogP contribution is -2.21. The second-order valence-corrected chi connectivity index (χ2v) is 6.53. The van der Waals surface area contributed by atoms with Crippen LogP contribution in [0.25, 0.3) is 0 Å². The van der Waals surface area contributed by atoms with E-state index in [1.165, 1.54) is 0 Å². The zero-order valence-electron chi connectivity index (χ0n) is 14.1. The molecule has 23 heavy (non-hydrogen) atoms. The Morgan fingerprint density at radius 2 is 2.04 bits per heavy atom. The molecule has 0 N–H and O–H groups in total. The number of ether oxygens (including phenoxy) is 1. The van der Waals surface area contributed by atoms with Crippen molar-refractivity contribution in [3.05, 3.63) is 47.5 Å². The number of rotatable bonds is 8. The summed E-state index contributed by atoms with van der Waals surface area (Å²) in [6, 6.07) is 3.45. The van der Waals surface area contributed by atoms with Crippen molar-refractivity contribution in [3.8, 4) is 0 Å². The molecule has 1 saturated heterocycles. The maximum atomic E-state index is 14.4. The molecule has 1 aliphatic heterocycles. The summed E-state index contributed by atoms with van der Waals surface area (Å²) in [5, 5.41) is 0. The van der Waals surface area contributed by atoms with Gasteiger partial charge in [0.15, 0.2) is 11.6 Å². The summed E-state index contributed by atoms with van der Waals surface area (Å²) in [5.41, 5.74) is 0.864. The van der Waals surface area contributed by atoms with Crippen LogP contribution < -0.4 is 0 Å². The third-order valence-electron chi connectivity index (χ3n) is 4.74. The summed E-state index contributed by atoms with van der Waals surface area (Å²) in [4.78, 5) is 0. The van der Waals surface area contributed by atoms with Gasteiger partial charge in [0.1, 0.15) is 0 Å². The molecule has 1 aliphatic rings. The number of unbranched alkanes of at least 4 members (excludes halogenated alkanes) is 2. The van der Waals surface area contributed by atoms with E-state index in [9.17, 15) is 8.78 Å². The first-order valence-electron chi connectivity index (χ1n) is 8.86. The minimum atomic E-state index is -0.714. The molecule has 1 aromatic carbocycles. The number of allylic oxidation sites excluding steroid dienone is 1. The van der Waals surface area contributed by atoms with Crippen molar-refractivity contribution in [2.45, 2.75) is 64.4 Å². The van der Waals surface area contributed by atoms with Gasteiger partial charge in [0.25, 0.3) is 0 Å². The van der Waals surface area contributed by atoms with Gasteiger partial charge in [-0.2, -0.15) is 0 Å². The van der Waals surface area contributed by atoms with Gasteiger partial charge in [-0.3, -0.25) is 0 Å². The van der Waals surface area contributed by atoms with Crippen molar-refractivity contribution >= 4 is 0 Å². The second-order valence-electron chi connectivity index (χ2n) is 6.53. The number of hydrogen-bond acceptors (Lipinski definition) is 1. The molecule has 128 valence electrons. The van der Waals surface area contributed by atoms with Crippen LogP contribution in [0, 0.1) is 17.6 Å². The summed E-state index contributed by atoms with van der Waals surface area (Å²) in [6.45, 7) is 6.45. The van der Waals surface area contributed by atoms with Gasteiger partial charge in [-0.05, 0) is 50.0 Å². The Morgan fingerprint density at radius 3 is 2.70 bits per heavy atom. The first-order chi connectivity index (χ1) is 11.2. The Labute approximate surface area is 138 Å². The quantitative estimate of drug-likeness (QED) is 0.413. The molecule has 0 spiro atoms. The zero-order chi connectivity index (χ0) is 16.7. The molecule has 0 bridgehead atoms. The third-order valence-corrected chi connectivity index (χ3v) is 4.74. The Morgan fingerprint density at radius 1 is 1.22 bits per heavy atom. The molecule has 3 heteroatoms. The molecule has 1 nitrogen and oxygen atoms in total. The van der Waals surface area contributed by atoms with Gasteiger partial charge in [0.05, 0.1) is 12.7 Å². The monoisotopic (exact) mass is 322 g/mol. The zero-order valence-corrected chi connectivity index (χ0v) is 14.1. The number of aryl methyl sites for hydroxylation is 1. The van der Waals surface area contributed by atoms with Gasteiger partial charge in [0.2, 0.25) is 0 Å². The molecular weight excluding hydrogens is 294 g/mol. The highest BCUT2D eigenvalue weighted by Crippen LogP contribution is 2.34. The topological polar surface area (TPSA) is 9.23 Å². The van der Waals surface area contributed by atoms with Gasteiger partial charge in [-0.15, -0.1) is 6.58 Å². The van der Waals surface area contributed by atoms with E-state index in [4.69, 9.17) is 4.74 Å². The Kier molecular flexibility index (Phi) is 7.22. The first-order valence-corrected chi connectivity index (χ1v) is 8.86. The van der Waals surface area contributed by atoms with Crippen molar-refractivity contribution in [2.24, 2.45) is 5.92 Å². The number of hydrogen-bond donors (Lipinski definition) is 0. The van der Waals surface area contributed by atoms with Crippen molar-refractivity contribution in [3.63, 3.8) is 0 Å². The van der Waals surface area contributed by atoms with E-state index in [0.717, 1.165) is 44.9 Å². The average Bonchev–Trinajstić information content (AvgIpc) is 2.58. The van der Waals surface area contributed by atoms with E-state index in [0.29, 0.717) is 30.1 Å². The lowest BCUT2D eigenvalue weighted by molar-refractivity contribution is -0.0210. The van der Waals surface area contributed by atoms with Crippen LogP contribution in [0.5, 0.6) is 0 Å². The van der Waals surface area contributed by atoms with Gasteiger partial charge < -0.3 is 4.74 Å². The fourth-order valence-electron chi connectivity index (χ4n) is 3.24. The highest BCUT2D eigenvalue weighted by molar-refractivity contribution is 5.28. The van der Waals surface area contributed by atoms with E-state index in [1.807, 2.05) is 6.08 Å². The van der Waals surface area contributed by atoms with E-state index < -0.39 is 11.6 Å². The SMILES string of the molecule is C=CCCC1CC[C@@H](c2ccc(CCCCC)c(F)c2F)OC1. The lowest BCUT2D eigenvalue weighted by atomic mass is 9.91. The minimum absolute atomic E-state index is 0.311. The molecular formula is C20H28F2O. The van der Waals surface area contributed by atoms with E-state index in [2.05, 4.69) is 13.5 Å². The largest absolute Gasteiger partial charge is 0.373 e. The predicted molar refractivity (Wildman–Crippen MR) is 90.4 cm³/mol. The summed E-state index contributed by atoms with van der Waals surface area (Å²) >= 11 is 0. The van der Waals surface area contributed by atoms with Crippen LogP contribution in [0.1, 0.15) is 69.1 Å². The van der Waals surface area contributed by atoms with E-state index >= 15 is 0 Å². The van der Waals surface area contributed by atoms with Crippen LogP contribution in [0.15, 0.2) is 24.8 Å². The van der Waals surface area contributed by atoms with Crippen molar-refractivity contribution in [1.29, 1.82) is 0 Å². The molecule has 1 heterocycles. The fourth-order valence-corrected chi connectivity index (χ4v) is 3.24. The number of benzene rings is 1. The van der Waals surface area contributed by atoms with Crippen LogP contribution in [0.4, 0.5) is 8.78 Å². The molecule has 0 aromatic heterocycles. The second kappa shape index (κ2) is 9.17. The molecule has 1 aromatic rings. The molecule has 1 unspecified atom stereocenters. The van der Waals surface area contributed by atoms with Crippen LogP contribution in [-0.4, -0.2) is 6.61 Å². The lowest BCUT2D eigenvalue weighted by Gasteiger charge is -2.29. The van der Waals surface area contributed by atoms with Gasteiger partial charge in [0, 0.05) is 5.56 Å². The average molecular weight is 322 g/mol. The number of halogens is 2. The molecule has 2 atom stereocenters. The fraction of sp³-hybridized carbons (Fsp3) is 0.600. The molecule has 0 radical (unpaired) electrons. The first kappa shape index (κ1) is 18.1. The molecule has 2 rings (SSSR count). The van der Waals surface area contributed by atoms with Crippen molar-refractivity contribution in [1.82, 2.24) is 0 Å². The molecule has 0 aliphatic carbocycles. The van der Waals surface area contributed by atoms with Crippen LogP contribution in [0.2, 0.25) is 0 Å². The Bertz CT molecular complexity index is 505. The van der Waals surface area contributed by atoms with E-state index in [-0.39, 0.29) is 6.10 Å². The Balaban J connectivity index is 1.98. The summed E-state index contributed by atoms with van der Waals surface area (Å²) in [7, 11) is 0. The van der Waals surface area contributed by atoms with Gasteiger partial charge in [-0.1, -0.05) is 38.0 Å². The minimum Gasteiger partial charge on any atom is -0.373 e. The molecule has 0 saturated carbocycles. The van der Waals surface area contributed by atoms with E-state index in [1.54, 1.807) is 12.1 Å². The van der Waals surface area contributed by atoms with Crippen molar-refractivity contribution in [2.75, 3.05) is 6.61 Å². The van der Waals surface area contributed by atoms with Crippen LogP contribution in [0.3, 0.4) is 0 Å². The van der Waals surface area contributed by atoms with Crippen molar-refractivity contribution < 1.29 is 13.5 Å². The highest BCUT2D eigenvalue weighted by Gasteiger charge is 2.26. The maximum absolute atomic E-state index is 14.4. The molecule has 0 amide bonds. The summed E-state index contributed by atoms with van der Waals surface area (Å²) < 4.78 is 34.4. The summed E-state index contributed by atoms with van der Waals surface area (Å²) in [5.74, 6) is -0.894. The summed E-state index contributed by atoms with van der Waals surface area (Å²) in [6.07, 6.45) is 9.02. The maximum Gasteiger partial charge on any atom is 0.164 e. The van der Waals surface area contributed by atoms with Gasteiger partial charge >= 0.3 is 0 Å².